The van der Waals surface area contributed by atoms with Gasteiger partial charge in [-0.2, -0.15) is 0 Å². The summed E-state index contributed by atoms with van der Waals surface area (Å²) in [7, 11) is 3.34. The summed E-state index contributed by atoms with van der Waals surface area (Å²) < 4.78 is 0. The van der Waals surface area contributed by atoms with Gasteiger partial charge in [-0.05, 0) is 31.2 Å². The minimum Gasteiger partial charge on any atom is -0.388 e. The molecular formula is C18H27N3O3. The number of urea groups is 1. The van der Waals surface area contributed by atoms with Gasteiger partial charge < -0.3 is 20.2 Å². The van der Waals surface area contributed by atoms with Gasteiger partial charge in [0, 0.05) is 27.2 Å². The van der Waals surface area contributed by atoms with Crippen molar-refractivity contribution in [3.63, 3.8) is 0 Å². The highest BCUT2D eigenvalue weighted by Gasteiger charge is 2.29. The fourth-order valence-electron chi connectivity index (χ4n) is 3.07. The molecule has 24 heavy (non-hydrogen) atoms. The Bertz CT molecular complexity index is 554. The van der Waals surface area contributed by atoms with Crippen LogP contribution in [0.25, 0.3) is 0 Å². The molecule has 1 heterocycles. The Morgan fingerprint density at radius 2 is 1.79 bits per heavy atom. The van der Waals surface area contributed by atoms with Crippen molar-refractivity contribution >= 4 is 11.9 Å². The average Bonchev–Trinajstić information content (AvgIpc) is 2.61. The number of amides is 3. The van der Waals surface area contributed by atoms with Crippen LogP contribution in [-0.4, -0.2) is 60.1 Å². The molecule has 1 fully saturated rings. The van der Waals surface area contributed by atoms with Crippen molar-refractivity contribution in [2.45, 2.75) is 31.9 Å². The van der Waals surface area contributed by atoms with Crippen molar-refractivity contribution in [1.29, 1.82) is 0 Å². The lowest BCUT2D eigenvalue weighted by Gasteiger charge is -2.35. The van der Waals surface area contributed by atoms with Crippen LogP contribution in [0.2, 0.25) is 0 Å². The van der Waals surface area contributed by atoms with Gasteiger partial charge in [0.15, 0.2) is 0 Å². The highest BCUT2D eigenvalue weighted by Crippen LogP contribution is 2.30. The van der Waals surface area contributed by atoms with E-state index in [0.29, 0.717) is 13.1 Å². The third kappa shape index (κ3) is 4.47. The van der Waals surface area contributed by atoms with Crippen molar-refractivity contribution in [3.8, 4) is 0 Å². The summed E-state index contributed by atoms with van der Waals surface area (Å²) in [6.07, 6.45) is 1.00. The van der Waals surface area contributed by atoms with Gasteiger partial charge >= 0.3 is 6.03 Å². The second kappa shape index (κ2) is 8.15. The van der Waals surface area contributed by atoms with Crippen molar-refractivity contribution in [3.05, 3.63) is 35.9 Å². The maximum atomic E-state index is 12.3. The third-order valence-corrected chi connectivity index (χ3v) is 4.57. The predicted octanol–water partition coefficient (Wildman–Crippen LogP) is 1.62. The Morgan fingerprint density at radius 3 is 2.33 bits per heavy atom. The van der Waals surface area contributed by atoms with Gasteiger partial charge in [-0.3, -0.25) is 4.79 Å². The van der Waals surface area contributed by atoms with Gasteiger partial charge in [0.2, 0.25) is 5.91 Å². The molecule has 0 spiro atoms. The quantitative estimate of drug-likeness (QED) is 0.879. The molecule has 1 aromatic carbocycles. The molecule has 3 amide bonds. The lowest BCUT2D eigenvalue weighted by Crippen LogP contribution is -2.51. The molecule has 0 radical (unpaired) electrons. The number of carbonyl (C=O) groups is 2. The van der Waals surface area contributed by atoms with Crippen LogP contribution in [0.15, 0.2) is 30.3 Å². The second-order valence-corrected chi connectivity index (χ2v) is 6.58. The Morgan fingerprint density at radius 1 is 1.21 bits per heavy atom. The normalized spacial score (nSPS) is 17.9. The van der Waals surface area contributed by atoms with E-state index >= 15 is 0 Å². The molecule has 0 aliphatic carbocycles. The molecule has 6 nitrogen and oxygen atoms in total. The monoisotopic (exact) mass is 333 g/mol. The molecule has 1 saturated heterocycles. The maximum Gasteiger partial charge on any atom is 0.318 e. The number of hydrogen-bond donors (Lipinski definition) is 2. The summed E-state index contributed by atoms with van der Waals surface area (Å²) in [5.41, 5.74) is 0.922. The lowest BCUT2D eigenvalue weighted by atomic mass is 9.87. The van der Waals surface area contributed by atoms with Crippen LogP contribution in [0.5, 0.6) is 0 Å². The van der Waals surface area contributed by atoms with Crippen molar-refractivity contribution in [2.24, 2.45) is 5.92 Å². The number of piperidine rings is 1. The fourth-order valence-corrected chi connectivity index (χ4v) is 3.07. The second-order valence-electron chi connectivity index (χ2n) is 6.58. The van der Waals surface area contributed by atoms with Gasteiger partial charge in [-0.1, -0.05) is 30.3 Å². The van der Waals surface area contributed by atoms with Crippen molar-refractivity contribution < 1.29 is 14.7 Å². The molecule has 132 valence electrons. The van der Waals surface area contributed by atoms with Crippen LogP contribution in [0.1, 0.15) is 31.4 Å². The number of nitrogens with zero attached hydrogens (tertiary/aromatic N) is 2. The van der Waals surface area contributed by atoms with E-state index in [2.05, 4.69) is 5.32 Å². The Kier molecular flexibility index (Phi) is 6.20. The van der Waals surface area contributed by atoms with E-state index in [1.165, 1.54) is 4.90 Å². The zero-order chi connectivity index (χ0) is 17.7. The molecule has 2 N–H and O–H groups in total. The largest absolute Gasteiger partial charge is 0.388 e. The Labute approximate surface area is 143 Å². The van der Waals surface area contributed by atoms with E-state index in [0.717, 1.165) is 18.4 Å². The van der Waals surface area contributed by atoms with E-state index in [1.807, 2.05) is 30.3 Å². The summed E-state index contributed by atoms with van der Waals surface area (Å²) in [5.74, 6) is 0.0232. The average molecular weight is 333 g/mol. The van der Waals surface area contributed by atoms with Gasteiger partial charge in [-0.25, -0.2) is 4.79 Å². The third-order valence-electron chi connectivity index (χ3n) is 4.57. The first-order valence-corrected chi connectivity index (χ1v) is 8.39. The summed E-state index contributed by atoms with van der Waals surface area (Å²) in [4.78, 5) is 27.3. The lowest BCUT2D eigenvalue weighted by molar-refractivity contribution is -0.130. The topological polar surface area (TPSA) is 72.9 Å². The number of aliphatic hydroxyl groups is 1. The molecular weight excluding hydrogens is 306 g/mol. The maximum absolute atomic E-state index is 12.3. The van der Waals surface area contributed by atoms with Gasteiger partial charge in [0.05, 0.1) is 6.10 Å². The molecule has 1 aromatic rings. The van der Waals surface area contributed by atoms with Crippen LogP contribution in [0, 0.1) is 5.92 Å². The smallest absolute Gasteiger partial charge is 0.318 e. The van der Waals surface area contributed by atoms with Crippen molar-refractivity contribution in [2.75, 3.05) is 27.2 Å². The van der Waals surface area contributed by atoms with Crippen LogP contribution in [-0.2, 0) is 4.79 Å². The highest BCUT2D eigenvalue weighted by molar-refractivity contribution is 5.86. The number of hydrogen-bond acceptors (Lipinski definition) is 3. The van der Waals surface area contributed by atoms with Gasteiger partial charge in [-0.15, -0.1) is 0 Å². The van der Waals surface area contributed by atoms with E-state index in [9.17, 15) is 14.7 Å². The number of likely N-dealkylation sites (tertiary alicyclic amines) is 1. The number of nitrogens with one attached hydrogen (secondary N) is 1. The van der Waals surface area contributed by atoms with E-state index in [1.54, 1.807) is 25.9 Å². The van der Waals surface area contributed by atoms with E-state index in [-0.39, 0.29) is 17.9 Å². The Hall–Kier alpha value is -2.08. The minimum atomic E-state index is -0.542. The first-order valence-electron chi connectivity index (χ1n) is 8.39. The van der Waals surface area contributed by atoms with Crippen LogP contribution in [0.4, 0.5) is 4.79 Å². The predicted molar refractivity (Wildman–Crippen MR) is 92.4 cm³/mol. The fraction of sp³-hybridized carbons (Fsp3) is 0.556. The number of aliphatic hydroxyl groups excluding tert-OH is 1. The number of rotatable bonds is 4. The molecule has 6 heteroatoms. The summed E-state index contributed by atoms with van der Waals surface area (Å²) in [5, 5.41) is 13.2. The van der Waals surface area contributed by atoms with Gasteiger partial charge in [0.1, 0.15) is 6.04 Å². The summed E-state index contributed by atoms with van der Waals surface area (Å²) in [6, 6.07) is 8.87. The first-order chi connectivity index (χ1) is 11.4. The number of likely N-dealkylation sites (N-methyl/N-ethyl adjacent to an activating group) is 1. The summed E-state index contributed by atoms with van der Waals surface area (Å²) >= 11 is 0. The molecule has 0 saturated carbocycles. The van der Waals surface area contributed by atoms with E-state index < -0.39 is 12.1 Å². The highest BCUT2D eigenvalue weighted by atomic mass is 16.3. The molecule has 2 atom stereocenters. The SMILES string of the molecule is C[C@H](NC(=O)N1CCC([C@H](O)c2ccccc2)CC1)C(=O)N(C)C. The first kappa shape index (κ1) is 18.3. The molecule has 1 aliphatic heterocycles. The molecule has 0 aromatic heterocycles. The molecule has 0 bridgehead atoms. The minimum absolute atomic E-state index is 0.127. The van der Waals surface area contributed by atoms with Crippen molar-refractivity contribution in [1.82, 2.24) is 15.1 Å². The summed E-state index contributed by atoms with van der Waals surface area (Å²) in [6.45, 7) is 2.86. The van der Waals surface area contributed by atoms with Crippen LogP contribution < -0.4 is 5.32 Å². The molecule has 2 rings (SSSR count). The van der Waals surface area contributed by atoms with E-state index in [4.69, 9.17) is 0 Å². The zero-order valence-corrected chi connectivity index (χ0v) is 14.6. The standard InChI is InChI=1S/C18H27N3O3/c1-13(17(23)20(2)3)19-18(24)21-11-9-15(10-12-21)16(22)14-7-5-4-6-8-14/h4-8,13,15-16,22H,9-12H2,1-3H3,(H,19,24)/t13-,16+/m0/s1. The number of carbonyl (C=O) groups excluding carboxylic acids is 2. The molecule has 1 aliphatic rings. The zero-order valence-electron chi connectivity index (χ0n) is 14.6. The Balaban J connectivity index is 1.84. The van der Waals surface area contributed by atoms with Crippen LogP contribution >= 0.6 is 0 Å². The van der Waals surface area contributed by atoms with Crippen LogP contribution in [0.3, 0.4) is 0 Å². The number of benzene rings is 1. The van der Waals surface area contributed by atoms with Gasteiger partial charge in [0.25, 0.3) is 0 Å². The molecule has 0 unspecified atom stereocenters.